The Labute approximate surface area is 91.6 Å². The summed E-state index contributed by atoms with van der Waals surface area (Å²) in [5.74, 6) is -0.481. The van der Waals surface area contributed by atoms with Gasteiger partial charge >= 0.3 is 0 Å². The number of carbonyl (C=O) groups is 2. The minimum Gasteiger partial charge on any atom is -0.341 e. The van der Waals surface area contributed by atoms with Crippen molar-refractivity contribution in [2.45, 2.75) is 13.0 Å². The maximum absolute atomic E-state index is 11.5. The predicted octanol–water partition coefficient (Wildman–Crippen LogP) is 1.47. The number of hydrogen-bond acceptors (Lipinski definition) is 2. The Hall–Kier alpha value is -1.55. The lowest BCUT2D eigenvalue weighted by molar-refractivity contribution is -0.124. The van der Waals surface area contributed by atoms with E-state index in [0.717, 1.165) is 0 Å². The molecule has 0 unspecified atom stereocenters. The van der Waals surface area contributed by atoms with Gasteiger partial charge in [-0.15, -0.1) is 0 Å². The molecule has 1 aliphatic heterocycles. The fraction of sp³-hybridized carbons (Fsp3) is 0.200. The summed E-state index contributed by atoms with van der Waals surface area (Å²) in [5, 5.41) is 5.78. The first-order valence-corrected chi connectivity index (χ1v) is 4.83. The van der Waals surface area contributed by atoms with E-state index in [4.69, 9.17) is 11.6 Å². The van der Waals surface area contributed by atoms with Crippen LogP contribution in [-0.4, -0.2) is 11.8 Å². The highest BCUT2D eigenvalue weighted by Crippen LogP contribution is 2.32. The third-order valence-corrected chi connectivity index (χ3v) is 2.43. The van der Waals surface area contributed by atoms with Crippen molar-refractivity contribution in [2.24, 2.45) is 0 Å². The molecule has 0 spiro atoms. The second kappa shape index (κ2) is 3.55. The molecule has 2 N–H and O–H groups in total. The summed E-state index contributed by atoms with van der Waals surface area (Å²) in [6.45, 7) is 1.37. The summed E-state index contributed by atoms with van der Waals surface area (Å²) >= 11 is 5.82. The summed E-state index contributed by atoms with van der Waals surface area (Å²) in [4.78, 5) is 22.4. The second-order valence-electron chi connectivity index (χ2n) is 3.35. The Morgan fingerprint density at radius 1 is 1.53 bits per heavy atom. The molecule has 4 nitrogen and oxygen atoms in total. The van der Waals surface area contributed by atoms with Crippen LogP contribution in [0.5, 0.6) is 0 Å². The SMILES string of the molecule is CC(=O)N[C@@H]1C(=O)Nc2ccc(Cl)cc21. The van der Waals surface area contributed by atoms with Crippen LogP contribution >= 0.6 is 11.6 Å². The third kappa shape index (κ3) is 1.80. The highest BCUT2D eigenvalue weighted by Gasteiger charge is 2.30. The molecule has 0 aromatic heterocycles. The van der Waals surface area contributed by atoms with Crippen molar-refractivity contribution in [3.8, 4) is 0 Å². The number of fused-ring (bicyclic) bond motifs is 1. The first kappa shape index (κ1) is 9.98. The molecule has 1 aromatic rings. The zero-order valence-electron chi connectivity index (χ0n) is 8.00. The Bertz CT molecular complexity index is 445. The highest BCUT2D eigenvalue weighted by atomic mass is 35.5. The second-order valence-corrected chi connectivity index (χ2v) is 3.79. The lowest BCUT2D eigenvalue weighted by atomic mass is 10.1. The van der Waals surface area contributed by atoms with Crippen LogP contribution < -0.4 is 10.6 Å². The molecule has 2 amide bonds. The molecule has 1 aromatic carbocycles. The van der Waals surface area contributed by atoms with Crippen molar-refractivity contribution in [2.75, 3.05) is 5.32 Å². The number of amides is 2. The van der Waals surface area contributed by atoms with E-state index in [9.17, 15) is 9.59 Å². The number of rotatable bonds is 1. The van der Waals surface area contributed by atoms with Crippen LogP contribution in [0.25, 0.3) is 0 Å². The largest absolute Gasteiger partial charge is 0.341 e. The first-order chi connectivity index (χ1) is 7.08. The van der Waals surface area contributed by atoms with Gasteiger partial charge in [0.25, 0.3) is 5.91 Å². The van der Waals surface area contributed by atoms with Gasteiger partial charge in [-0.05, 0) is 18.2 Å². The van der Waals surface area contributed by atoms with Crippen molar-refractivity contribution >= 4 is 29.1 Å². The molecule has 0 saturated carbocycles. The molecule has 0 saturated heterocycles. The van der Waals surface area contributed by atoms with Gasteiger partial charge in [0.05, 0.1) is 0 Å². The number of halogens is 1. The quantitative estimate of drug-likeness (QED) is 0.759. The van der Waals surface area contributed by atoms with Crippen molar-refractivity contribution in [3.63, 3.8) is 0 Å². The van der Waals surface area contributed by atoms with Crippen LogP contribution in [0, 0.1) is 0 Å². The van der Waals surface area contributed by atoms with Gasteiger partial charge in [0, 0.05) is 23.2 Å². The van der Waals surface area contributed by atoms with E-state index in [1.807, 2.05) is 0 Å². The first-order valence-electron chi connectivity index (χ1n) is 4.45. The van der Waals surface area contributed by atoms with E-state index in [1.54, 1.807) is 18.2 Å². The zero-order valence-corrected chi connectivity index (χ0v) is 8.76. The molecule has 5 heteroatoms. The highest BCUT2D eigenvalue weighted by molar-refractivity contribution is 6.31. The topological polar surface area (TPSA) is 58.2 Å². The van der Waals surface area contributed by atoms with E-state index >= 15 is 0 Å². The zero-order chi connectivity index (χ0) is 11.0. The number of benzene rings is 1. The Morgan fingerprint density at radius 3 is 2.93 bits per heavy atom. The summed E-state index contributed by atoms with van der Waals surface area (Å²) in [6.07, 6.45) is 0. The molecule has 78 valence electrons. The third-order valence-electron chi connectivity index (χ3n) is 2.19. The molecule has 1 atom stereocenters. The van der Waals surface area contributed by atoms with Gasteiger partial charge < -0.3 is 10.6 Å². The van der Waals surface area contributed by atoms with Gasteiger partial charge in [-0.25, -0.2) is 0 Å². The molecule has 0 bridgehead atoms. The summed E-state index contributed by atoms with van der Waals surface area (Å²) in [5.41, 5.74) is 1.41. The molecule has 1 aliphatic rings. The summed E-state index contributed by atoms with van der Waals surface area (Å²) < 4.78 is 0. The standard InChI is InChI=1S/C10H9ClN2O2/c1-5(14)12-9-7-4-6(11)2-3-8(7)13-10(9)15/h2-4,9H,1H3,(H,12,14)(H,13,15)/t9-/m0/s1. The van der Waals surface area contributed by atoms with E-state index in [-0.39, 0.29) is 11.8 Å². The minimum absolute atomic E-state index is 0.234. The number of carbonyl (C=O) groups excluding carboxylic acids is 2. The van der Waals surface area contributed by atoms with E-state index in [1.165, 1.54) is 6.92 Å². The average molecular weight is 225 g/mol. The predicted molar refractivity (Wildman–Crippen MR) is 56.6 cm³/mol. The fourth-order valence-corrected chi connectivity index (χ4v) is 1.76. The van der Waals surface area contributed by atoms with Crippen LogP contribution in [0.3, 0.4) is 0 Å². The molecule has 0 aliphatic carbocycles. The van der Waals surface area contributed by atoms with Crippen molar-refractivity contribution in [1.29, 1.82) is 0 Å². The van der Waals surface area contributed by atoms with Crippen LogP contribution in [0.2, 0.25) is 5.02 Å². The van der Waals surface area contributed by atoms with Crippen molar-refractivity contribution < 1.29 is 9.59 Å². The maximum atomic E-state index is 11.5. The Kier molecular flexibility index (Phi) is 2.36. The smallest absolute Gasteiger partial charge is 0.251 e. The fourth-order valence-electron chi connectivity index (χ4n) is 1.58. The Balaban J connectivity index is 2.39. The molecule has 2 rings (SSSR count). The lowest BCUT2D eigenvalue weighted by Gasteiger charge is -2.09. The van der Waals surface area contributed by atoms with Gasteiger partial charge in [0.1, 0.15) is 6.04 Å². The maximum Gasteiger partial charge on any atom is 0.251 e. The van der Waals surface area contributed by atoms with E-state index < -0.39 is 6.04 Å². The molecular formula is C10H9ClN2O2. The molecule has 15 heavy (non-hydrogen) atoms. The van der Waals surface area contributed by atoms with Gasteiger partial charge in [-0.3, -0.25) is 9.59 Å². The van der Waals surface area contributed by atoms with Crippen LogP contribution in [0.4, 0.5) is 5.69 Å². The van der Waals surface area contributed by atoms with Crippen LogP contribution in [-0.2, 0) is 9.59 Å². The molecule has 0 radical (unpaired) electrons. The lowest BCUT2D eigenvalue weighted by Crippen LogP contribution is -2.30. The van der Waals surface area contributed by atoms with Crippen molar-refractivity contribution in [3.05, 3.63) is 28.8 Å². The monoisotopic (exact) mass is 224 g/mol. The Morgan fingerprint density at radius 2 is 2.27 bits per heavy atom. The van der Waals surface area contributed by atoms with Gasteiger partial charge in [0.2, 0.25) is 5.91 Å². The number of hydrogen-bond donors (Lipinski definition) is 2. The van der Waals surface area contributed by atoms with E-state index in [0.29, 0.717) is 16.3 Å². The van der Waals surface area contributed by atoms with Gasteiger partial charge in [-0.2, -0.15) is 0 Å². The molecule has 1 heterocycles. The normalized spacial score (nSPS) is 18.3. The average Bonchev–Trinajstić information content (AvgIpc) is 2.43. The number of nitrogens with one attached hydrogen (secondary N) is 2. The summed E-state index contributed by atoms with van der Waals surface area (Å²) in [6, 6.07) is 4.46. The van der Waals surface area contributed by atoms with Gasteiger partial charge in [-0.1, -0.05) is 11.6 Å². The minimum atomic E-state index is -0.629. The van der Waals surface area contributed by atoms with E-state index in [2.05, 4.69) is 10.6 Å². The summed E-state index contributed by atoms with van der Waals surface area (Å²) in [7, 11) is 0. The van der Waals surface area contributed by atoms with Crippen molar-refractivity contribution in [1.82, 2.24) is 5.32 Å². The van der Waals surface area contributed by atoms with Gasteiger partial charge in [0.15, 0.2) is 0 Å². The number of anilines is 1. The van der Waals surface area contributed by atoms with Crippen LogP contribution in [0.15, 0.2) is 18.2 Å². The van der Waals surface area contributed by atoms with Crippen LogP contribution in [0.1, 0.15) is 18.5 Å². The molecule has 0 fully saturated rings. The molecular weight excluding hydrogens is 216 g/mol.